The number of sulfonamides is 1. The van der Waals surface area contributed by atoms with Crippen molar-refractivity contribution >= 4 is 26.6 Å². The number of aromatic amines is 1. The summed E-state index contributed by atoms with van der Waals surface area (Å²) in [6, 6.07) is 4.95. The van der Waals surface area contributed by atoms with Gasteiger partial charge in [0.2, 0.25) is 10.0 Å². The van der Waals surface area contributed by atoms with Crippen molar-refractivity contribution in [2.24, 2.45) is 0 Å². The van der Waals surface area contributed by atoms with Crippen molar-refractivity contribution < 1.29 is 18.6 Å². The second-order valence-corrected chi connectivity index (χ2v) is 6.22. The number of anilines is 1. The van der Waals surface area contributed by atoms with Crippen molar-refractivity contribution in [1.29, 1.82) is 0 Å². The molecular formula is C12H17N3O4S. The van der Waals surface area contributed by atoms with Crippen LogP contribution in [0.2, 0.25) is 0 Å². The summed E-state index contributed by atoms with van der Waals surface area (Å²) in [6.45, 7) is -0.775. The van der Waals surface area contributed by atoms with Gasteiger partial charge in [0.25, 0.3) is 0 Å². The number of benzene rings is 1. The van der Waals surface area contributed by atoms with Crippen molar-refractivity contribution in [3.8, 4) is 0 Å². The van der Waals surface area contributed by atoms with Crippen LogP contribution in [0.15, 0.2) is 29.3 Å². The van der Waals surface area contributed by atoms with Gasteiger partial charge in [0.15, 0.2) is 0 Å². The fourth-order valence-corrected chi connectivity index (χ4v) is 3.62. The summed E-state index contributed by atoms with van der Waals surface area (Å²) in [4.78, 5) is 2.96. The van der Waals surface area contributed by atoms with Crippen LogP contribution in [0.5, 0.6) is 0 Å². The first-order valence-corrected chi connectivity index (χ1v) is 7.53. The summed E-state index contributed by atoms with van der Waals surface area (Å²) in [5.74, 6) is 0. The van der Waals surface area contributed by atoms with Gasteiger partial charge >= 0.3 is 0 Å². The molecule has 0 amide bonds. The number of nitrogens with zero attached hydrogens (tertiary/aromatic N) is 1. The summed E-state index contributed by atoms with van der Waals surface area (Å²) < 4.78 is 26.1. The lowest BCUT2D eigenvalue weighted by Crippen LogP contribution is -2.35. The first-order chi connectivity index (χ1) is 9.50. The molecule has 2 aromatic rings. The summed E-state index contributed by atoms with van der Waals surface area (Å²) >= 11 is 0. The van der Waals surface area contributed by atoms with Crippen LogP contribution in [0.4, 0.5) is 5.69 Å². The zero-order chi connectivity index (χ0) is 14.8. The van der Waals surface area contributed by atoms with Gasteiger partial charge in [-0.3, -0.25) is 0 Å². The number of nitrogens with one attached hydrogen (secondary N) is 1. The number of rotatable bonds is 6. The molecule has 1 aromatic carbocycles. The Labute approximate surface area is 116 Å². The number of nitrogen functional groups attached to an aromatic ring is 1. The lowest BCUT2D eigenvalue weighted by molar-refractivity contribution is 0.217. The minimum absolute atomic E-state index is 0.0715. The molecule has 2 rings (SSSR count). The first kappa shape index (κ1) is 14.8. The third-order valence-electron chi connectivity index (χ3n) is 2.98. The van der Waals surface area contributed by atoms with Crippen molar-refractivity contribution in [2.75, 3.05) is 32.0 Å². The molecule has 0 fully saturated rings. The highest BCUT2D eigenvalue weighted by atomic mass is 32.2. The maximum Gasteiger partial charge on any atom is 0.245 e. The zero-order valence-corrected chi connectivity index (χ0v) is 11.6. The minimum Gasteiger partial charge on any atom is -0.399 e. The van der Waals surface area contributed by atoms with Crippen molar-refractivity contribution in [1.82, 2.24) is 9.29 Å². The van der Waals surface area contributed by atoms with Gasteiger partial charge in [-0.05, 0) is 18.2 Å². The SMILES string of the molecule is Nc1ccc2[nH]cc(S(=O)(=O)N(CCO)CCO)c2c1. The predicted octanol–water partition coefficient (Wildman–Crippen LogP) is -0.275. The molecule has 1 aromatic heterocycles. The Bertz CT molecular complexity index is 690. The van der Waals surface area contributed by atoms with Crippen molar-refractivity contribution in [3.63, 3.8) is 0 Å². The lowest BCUT2D eigenvalue weighted by Gasteiger charge is -2.19. The molecule has 7 nitrogen and oxygen atoms in total. The van der Waals surface area contributed by atoms with E-state index in [9.17, 15) is 8.42 Å². The molecule has 0 aliphatic carbocycles. The molecule has 0 atom stereocenters. The fraction of sp³-hybridized carbons (Fsp3) is 0.333. The molecule has 0 spiro atoms. The van der Waals surface area contributed by atoms with E-state index in [2.05, 4.69) is 4.98 Å². The van der Waals surface area contributed by atoms with Crippen LogP contribution in [-0.4, -0.2) is 54.2 Å². The van der Waals surface area contributed by atoms with Gasteiger partial charge in [0.05, 0.1) is 13.2 Å². The molecule has 0 bridgehead atoms. The molecule has 0 saturated carbocycles. The van der Waals surface area contributed by atoms with Crippen LogP contribution >= 0.6 is 0 Å². The fourth-order valence-electron chi connectivity index (χ4n) is 2.04. The van der Waals surface area contributed by atoms with Gasteiger partial charge in [0, 0.05) is 35.9 Å². The quantitative estimate of drug-likeness (QED) is 0.547. The Kier molecular flexibility index (Phi) is 4.29. The van der Waals surface area contributed by atoms with Crippen LogP contribution in [0, 0.1) is 0 Å². The number of nitrogens with two attached hydrogens (primary N) is 1. The molecule has 0 saturated heterocycles. The van der Waals surface area contributed by atoms with E-state index in [4.69, 9.17) is 15.9 Å². The van der Waals surface area contributed by atoms with E-state index in [0.29, 0.717) is 16.6 Å². The number of hydrogen-bond donors (Lipinski definition) is 4. The molecule has 5 N–H and O–H groups in total. The zero-order valence-electron chi connectivity index (χ0n) is 10.8. The molecule has 20 heavy (non-hydrogen) atoms. The van der Waals surface area contributed by atoms with E-state index < -0.39 is 10.0 Å². The van der Waals surface area contributed by atoms with E-state index >= 15 is 0 Å². The van der Waals surface area contributed by atoms with Crippen LogP contribution in [0.3, 0.4) is 0 Å². The number of aliphatic hydroxyl groups is 2. The van der Waals surface area contributed by atoms with Crippen molar-refractivity contribution in [3.05, 3.63) is 24.4 Å². The number of hydrogen-bond acceptors (Lipinski definition) is 5. The topological polar surface area (TPSA) is 120 Å². The van der Waals surface area contributed by atoms with Gasteiger partial charge in [-0.25, -0.2) is 8.42 Å². The maximum atomic E-state index is 12.5. The number of fused-ring (bicyclic) bond motifs is 1. The van der Waals surface area contributed by atoms with Gasteiger partial charge in [0.1, 0.15) is 4.90 Å². The smallest absolute Gasteiger partial charge is 0.245 e. The highest BCUT2D eigenvalue weighted by molar-refractivity contribution is 7.89. The summed E-state index contributed by atoms with van der Waals surface area (Å²) in [5, 5.41) is 18.4. The number of aromatic nitrogens is 1. The van der Waals surface area contributed by atoms with Crippen molar-refractivity contribution in [2.45, 2.75) is 4.90 Å². The molecule has 0 unspecified atom stereocenters. The molecular weight excluding hydrogens is 282 g/mol. The average Bonchev–Trinajstić information content (AvgIpc) is 2.82. The normalized spacial score (nSPS) is 12.3. The van der Waals surface area contributed by atoms with Gasteiger partial charge in [-0.15, -0.1) is 0 Å². The first-order valence-electron chi connectivity index (χ1n) is 6.09. The maximum absolute atomic E-state index is 12.5. The van der Waals surface area contributed by atoms with Crippen LogP contribution < -0.4 is 5.73 Å². The van der Waals surface area contributed by atoms with Gasteiger partial charge in [-0.1, -0.05) is 0 Å². The molecule has 0 aliphatic rings. The third-order valence-corrected chi connectivity index (χ3v) is 4.92. The average molecular weight is 299 g/mol. The Hall–Kier alpha value is -1.61. The van der Waals surface area contributed by atoms with Gasteiger partial charge < -0.3 is 20.9 Å². The monoisotopic (exact) mass is 299 g/mol. The van der Waals surface area contributed by atoms with E-state index in [1.54, 1.807) is 18.2 Å². The predicted molar refractivity (Wildman–Crippen MR) is 75.6 cm³/mol. The highest BCUT2D eigenvalue weighted by Crippen LogP contribution is 2.27. The van der Waals surface area contributed by atoms with E-state index in [-0.39, 0.29) is 31.2 Å². The molecule has 1 heterocycles. The lowest BCUT2D eigenvalue weighted by atomic mass is 10.2. The molecule has 8 heteroatoms. The van der Waals surface area contributed by atoms with Gasteiger partial charge in [-0.2, -0.15) is 4.31 Å². The van der Waals surface area contributed by atoms with E-state index in [0.717, 1.165) is 4.31 Å². The Balaban J connectivity index is 2.52. The van der Waals surface area contributed by atoms with E-state index in [1.807, 2.05) is 0 Å². The summed E-state index contributed by atoms with van der Waals surface area (Å²) in [6.07, 6.45) is 1.39. The second kappa shape index (κ2) is 5.80. The standard InChI is InChI=1S/C12H17N3O4S/c13-9-1-2-11-10(7-9)12(8-14-11)20(18,19)15(3-5-16)4-6-17/h1-2,7-8,14,16-17H,3-6,13H2. The Morgan fingerprint density at radius 2 is 1.85 bits per heavy atom. The summed E-state index contributed by atoms with van der Waals surface area (Å²) in [7, 11) is -3.80. The Morgan fingerprint density at radius 3 is 2.45 bits per heavy atom. The largest absolute Gasteiger partial charge is 0.399 e. The molecule has 0 radical (unpaired) electrons. The molecule has 110 valence electrons. The van der Waals surface area contributed by atoms with Crippen LogP contribution in [0.1, 0.15) is 0 Å². The van der Waals surface area contributed by atoms with Crippen LogP contribution in [-0.2, 0) is 10.0 Å². The highest BCUT2D eigenvalue weighted by Gasteiger charge is 2.26. The Morgan fingerprint density at radius 1 is 1.20 bits per heavy atom. The minimum atomic E-state index is -3.80. The van der Waals surface area contributed by atoms with Crippen LogP contribution in [0.25, 0.3) is 10.9 Å². The number of H-pyrrole nitrogens is 1. The van der Waals surface area contributed by atoms with E-state index in [1.165, 1.54) is 6.20 Å². The molecule has 0 aliphatic heterocycles. The number of aliphatic hydroxyl groups excluding tert-OH is 2. The third kappa shape index (κ3) is 2.63. The summed E-state index contributed by atoms with van der Waals surface area (Å²) in [5.41, 5.74) is 6.81. The second-order valence-electron chi connectivity index (χ2n) is 4.31.